The molecule has 0 heterocycles. The minimum absolute atomic E-state index is 0.330. The zero-order valence-corrected chi connectivity index (χ0v) is 14.1. The van der Waals surface area contributed by atoms with E-state index in [2.05, 4.69) is 20.7 Å². The summed E-state index contributed by atoms with van der Waals surface area (Å²) in [4.78, 5) is 0.330. The van der Waals surface area contributed by atoms with Crippen molar-refractivity contribution in [3.8, 4) is 0 Å². The first kappa shape index (κ1) is 16.7. The Labute approximate surface area is 125 Å². The van der Waals surface area contributed by atoms with Gasteiger partial charge in [-0.05, 0) is 37.0 Å². The highest BCUT2D eigenvalue weighted by Crippen LogP contribution is 2.23. The molecule has 0 saturated carbocycles. The van der Waals surface area contributed by atoms with Crippen molar-refractivity contribution >= 4 is 26.0 Å². The van der Waals surface area contributed by atoms with E-state index in [1.165, 1.54) is 0 Å². The van der Waals surface area contributed by atoms with E-state index in [0.29, 0.717) is 4.90 Å². The highest BCUT2D eigenvalue weighted by atomic mass is 79.9. The number of rotatable bonds is 7. The number of sulfonamides is 1. The summed E-state index contributed by atoms with van der Waals surface area (Å²) in [7, 11) is -3.44. The maximum Gasteiger partial charge on any atom is 0.241 e. The fourth-order valence-corrected chi connectivity index (χ4v) is 4.06. The SMILES string of the molecule is CCC(CC)(CC)NS(=O)(=O)c1ccc(CBr)cc1. The Morgan fingerprint density at radius 2 is 1.53 bits per heavy atom. The summed E-state index contributed by atoms with van der Waals surface area (Å²) in [5.74, 6) is 0. The van der Waals surface area contributed by atoms with Crippen LogP contribution < -0.4 is 4.72 Å². The van der Waals surface area contributed by atoms with E-state index in [0.717, 1.165) is 30.2 Å². The number of alkyl halides is 1. The van der Waals surface area contributed by atoms with Crippen molar-refractivity contribution in [2.75, 3.05) is 0 Å². The van der Waals surface area contributed by atoms with E-state index in [4.69, 9.17) is 0 Å². The van der Waals surface area contributed by atoms with Crippen LogP contribution in [0.15, 0.2) is 29.2 Å². The molecule has 0 saturated heterocycles. The lowest BCUT2D eigenvalue weighted by molar-refractivity contribution is 0.341. The second-order valence-corrected chi connectivity index (χ2v) is 6.97. The lowest BCUT2D eigenvalue weighted by atomic mass is 9.91. The average molecular weight is 348 g/mol. The van der Waals surface area contributed by atoms with Crippen molar-refractivity contribution in [3.05, 3.63) is 29.8 Å². The topological polar surface area (TPSA) is 46.2 Å². The summed E-state index contributed by atoms with van der Waals surface area (Å²) >= 11 is 3.35. The predicted molar refractivity (Wildman–Crippen MR) is 83.0 cm³/mol. The first-order valence-corrected chi connectivity index (χ1v) is 9.22. The van der Waals surface area contributed by atoms with Crippen LogP contribution in [0.1, 0.15) is 45.6 Å². The fraction of sp³-hybridized carbons (Fsp3) is 0.571. The molecule has 0 spiro atoms. The van der Waals surface area contributed by atoms with Gasteiger partial charge in [0, 0.05) is 10.9 Å². The maximum absolute atomic E-state index is 12.4. The van der Waals surface area contributed by atoms with Gasteiger partial charge in [-0.1, -0.05) is 48.8 Å². The van der Waals surface area contributed by atoms with Gasteiger partial charge in [0.05, 0.1) is 4.90 Å². The van der Waals surface area contributed by atoms with Gasteiger partial charge in [-0.15, -0.1) is 0 Å². The van der Waals surface area contributed by atoms with Crippen LogP contribution in [0.3, 0.4) is 0 Å². The standard InChI is InChI=1S/C14H22BrNO2S/c1-4-14(5-2,6-3)16-19(17,18)13-9-7-12(11-15)8-10-13/h7-10,16H,4-6,11H2,1-3H3. The molecule has 0 aliphatic heterocycles. The molecule has 108 valence electrons. The third kappa shape index (κ3) is 4.04. The Morgan fingerprint density at radius 1 is 1.05 bits per heavy atom. The smallest absolute Gasteiger partial charge is 0.207 e. The molecule has 0 amide bonds. The quantitative estimate of drug-likeness (QED) is 0.762. The van der Waals surface area contributed by atoms with Gasteiger partial charge in [-0.25, -0.2) is 13.1 Å². The average Bonchev–Trinajstić information content (AvgIpc) is 2.45. The number of hydrogen-bond acceptors (Lipinski definition) is 2. The zero-order chi connectivity index (χ0) is 14.5. The van der Waals surface area contributed by atoms with Crippen molar-refractivity contribution in [1.82, 2.24) is 4.72 Å². The molecule has 3 nitrogen and oxygen atoms in total. The second kappa shape index (κ2) is 6.86. The molecule has 0 radical (unpaired) electrons. The summed E-state index contributed by atoms with van der Waals surface area (Å²) in [6, 6.07) is 6.97. The minimum atomic E-state index is -3.44. The summed E-state index contributed by atoms with van der Waals surface area (Å²) < 4.78 is 27.7. The maximum atomic E-state index is 12.4. The van der Waals surface area contributed by atoms with Crippen molar-refractivity contribution in [1.29, 1.82) is 0 Å². The van der Waals surface area contributed by atoms with Gasteiger partial charge in [0.1, 0.15) is 0 Å². The van der Waals surface area contributed by atoms with Gasteiger partial charge in [-0.3, -0.25) is 0 Å². The van der Waals surface area contributed by atoms with E-state index in [9.17, 15) is 8.42 Å². The van der Waals surface area contributed by atoms with Crippen LogP contribution in [0.25, 0.3) is 0 Å². The second-order valence-electron chi connectivity index (χ2n) is 4.72. The molecule has 0 unspecified atom stereocenters. The van der Waals surface area contributed by atoms with Crippen molar-refractivity contribution in [3.63, 3.8) is 0 Å². The minimum Gasteiger partial charge on any atom is -0.207 e. The third-order valence-electron chi connectivity index (χ3n) is 3.77. The van der Waals surface area contributed by atoms with Crippen LogP contribution in [-0.4, -0.2) is 14.0 Å². The highest BCUT2D eigenvalue weighted by molar-refractivity contribution is 9.08. The van der Waals surface area contributed by atoms with E-state index in [-0.39, 0.29) is 5.54 Å². The van der Waals surface area contributed by atoms with Crippen LogP contribution in [-0.2, 0) is 15.4 Å². The van der Waals surface area contributed by atoms with E-state index >= 15 is 0 Å². The Morgan fingerprint density at radius 3 is 1.89 bits per heavy atom. The Balaban J connectivity index is 3.03. The predicted octanol–water partition coefficient (Wildman–Crippen LogP) is 3.83. The lowest BCUT2D eigenvalue weighted by Gasteiger charge is -2.31. The zero-order valence-electron chi connectivity index (χ0n) is 11.7. The number of benzene rings is 1. The molecule has 1 aromatic rings. The monoisotopic (exact) mass is 347 g/mol. The van der Waals surface area contributed by atoms with E-state index in [1.54, 1.807) is 12.1 Å². The van der Waals surface area contributed by atoms with Crippen LogP contribution in [0, 0.1) is 0 Å². The molecule has 0 aromatic heterocycles. The summed E-state index contributed by atoms with van der Waals surface area (Å²) in [6.07, 6.45) is 2.37. The molecule has 1 aromatic carbocycles. The molecule has 0 bridgehead atoms. The van der Waals surface area contributed by atoms with Gasteiger partial charge < -0.3 is 0 Å². The Kier molecular flexibility index (Phi) is 6.02. The lowest BCUT2D eigenvalue weighted by Crippen LogP contribution is -2.46. The summed E-state index contributed by atoms with van der Waals surface area (Å²) in [5, 5.41) is 0.726. The normalized spacial score (nSPS) is 12.6. The van der Waals surface area contributed by atoms with Gasteiger partial charge in [0.25, 0.3) is 0 Å². The third-order valence-corrected chi connectivity index (χ3v) is 6.01. The molecule has 1 N–H and O–H groups in total. The number of halogens is 1. The highest BCUT2D eigenvalue weighted by Gasteiger charge is 2.30. The van der Waals surface area contributed by atoms with Gasteiger partial charge in [0.2, 0.25) is 10.0 Å². The van der Waals surface area contributed by atoms with Crippen LogP contribution in [0.5, 0.6) is 0 Å². The molecule has 0 atom stereocenters. The van der Waals surface area contributed by atoms with Crippen molar-refractivity contribution in [2.24, 2.45) is 0 Å². The van der Waals surface area contributed by atoms with Crippen molar-refractivity contribution in [2.45, 2.75) is 55.8 Å². The molecule has 1 rings (SSSR count). The van der Waals surface area contributed by atoms with Gasteiger partial charge in [0.15, 0.2) is 0 Å². The number of hydrogen-bond donors (Lipinski definition) is 1. The van der Waals surface area contributed by atoms with Gasteiger partial charge >= 0.3 is 0 Å². The molecule has 19 heavy (non-hydrogen) atoms. The van der Waals surface area contributed by atoms with E-state index in [1.807, 2.05) is 32.9 Å². The van der Waals surface area contributed by atoms with Crippen LogP contribution in [0.2, 0.25) is 0 Å². The fourth-order valence-electron chi connectivity index (χ4n) is 2.07. The summed E-state index contributed by atoms with van der Waals surface area (Å²) in [5.41, 5.74) is 0.721. The van der Waals surface area contributed by atoms with Crippen LogP contribution in [0.4, 0.5) is 0 Å². The largest absolute Gasteiger partial charge is 0.241 e. The first-order chi connectivity index (χ1) is 8.93. The molecule has 0 aliphatic rings. The Hall–Kier alpha value is -0.390. The van der Waals surface area contributed by atoms with Crippen molar-refractivity contribution < 1.29 is 8.42 Å². The number of nitrogens with one attached hydrogen (secondary N) is 1. The molecule has 0 aliphatic carbocycles. The molecular formula is C14H22BrNO2S. The summed E-state index contributed by atoms with van der Waals surface area (Å²) in [6.45, 7) is 6.05. The van der Waals surface area contributed by atoms with Crippen LogP contribution >= 0.6 is 15.9 Å². The van der Waals surface area contributed by atoms with Gasteiger partial charge in [-0.2, -0.15) is 0 Å². The molecular weight excluding hydrogens is 326 g/mol. The first-order valence-electron chi connectivity index (χ1n) is 6.62. The van der Waals surface area contributed by atoms with E-state index < -0.39 is 10.0 Å². The Bertz CT molecular complexity index is 484. The molecule has 5 heteroatoms. The molecule has 0 fully saturated rings.